The van der Waals surface area contributed by atoms with E-state index in [1.807, 2.05) is 19.1 Å². The summed E-state index contributed by atoms with van der Waals surface area (Å²) in [5, 5.41) is 5.79. The Morgan fingerprint density at radius 2 is 1.93 bits per heavy atom. The average Bonchev–Trinajstić information content (AvgIpc) is 3.14. The topological polar surface area (TPSA) is 95.6 Å². The molecule has 2 aliphatic heterocycles. The van der Waals surface area contributed by atoms with Crippen molar-refractivity contribution in [2.45, 2.75) is 43.5 Å². The minimum atomic E-state index is -3.60. The van der Waals surface area contributed by atoms with Crippen LogP contribution in [0, 0.1) is 6.92 Å². The van der Waals surface area contributed by atoms with E-state index >= 15 is 0 Å². The molecular formula is C20H23N3O4S2. The SMILES string of the molecule is Cc1ccc(C(=O)NC2CCN(S(=O)(=O)c3ccc4c(c3)CCC(=O)N4)CC2)s1. The molecule has 2 aliphatic rings. The van der Waals surface area contributed by atoms with Crippen molar-refractivity contribution in [1.29, 1.82) is 0 Å². The molecule has 0 radical (unpaired) electrons. The van der Waals surface area contributed by atoms with E-state index in [4.69, 9.17) is 0 Å². The molecular weight excluding hydrogens is 410 g/mol. The molecule has 0 spiro atoms. The number of sulfonamides is 1. The molecule has 9 heteroatoms. The summed E-state index contributed by atoms with van der Waals surface area (Å²) in [5.74, 6) is -0.143. The van der Waals surface area contributed by atoms with E-state index < -0.39 is 10.0 Å². The van der Waals surface area contributed by atoms with Crippen LogP contribution in [-0.2, 0) is 21.2 Å². The number of aryl methyl sites for hydroxylation is 2. The number of hydrogen-bond donors (Lipinski definition) is 2. The third kappa shape index (κ3) is 4.22. The molecule has 2 aromatic rings. The maximum Gasteiger partial charge on any atom is 0.261 e. The molecule has 4 rings (SSSR count). The summed E-state index contributed by atoms with van der Waals surface area (Å²) in [7, 11) is -3.60. The molecule has 1 fully saturated rings. The number of amides is 2. The molecule has 0 atom stereocenters. The van der Waals surface area contributed by atoms with Gasteiger partial charge in [0.15, 0.2) is 0 Å². The van der Waals surface area contributed by atoms with Gasteiger partial charge in [0.05, 0.1) is 9.77 Å². The quantitative estimate of drug-likeness (QED) is 0.775. The normalized spacial score (nSPS) is 18.2. The molecule has 3 heterocycles. The highest BCUT2D eigenvalue weighted by Crippen LogP contribution is 2.28. The van der Waals surface area contributed by atoms with Gasteiger partial charge in [0.2, 0.25) is 15.9 Å². The minimum Gasteiger partial charge on any atom is -0.349 e. The Morgan fingerprint density at radius 3 is 2.62 bits per heavy atom. The number of nitrogens with zero attached hydrogens (tertiary/aromatic N) is 1. The summed E-state index contributed by atoms with van der Waals surface area (Å²) in [6, 6.07) is 8.57. The number of carbonyl (C=O) groups excluding carboxylic acids is 2. The van der Waals surface area contributed by atoms with Gasteiger partial charge in [0.25, 0.3) is 5.91 Å². The molecule has 29 heavy (non-hydrogen) atoms. The predicted molar refractivity (Wildman–Crippen MR) is 112 cm³/mol. The summed E-state index contributed by atoms with van der Waals surface area (Å²) in [6.45, 7) is 2.69. The third-order valence-corrected chi connectivity index (χ3v) is 8.26. The van der Waals surface area contributed by atoms with Crippen molar-refractivity contribution in [1.82, 2.24) is 9.62 Å². The maximum atomic E-state index is 13.0. The fourth-order valence-corrected chi connectivity index (χ4v) is 6.01. The van der Waals surface area contributed by atoms with Gasteiger partial charge >= 0.3 is 0 Å². The highest BCUT2D eigenvalue weighted by Gasteiger charge is 2.31. The van der Waals surface area contributed by atoms with Crippen molar-refractivity contribution >= 4 is 38.9 Å². The summed E-state index contributed by atoms with van der Waals surface area (Å²) < 4.78 is 27.6. The van der Waals surface area contributed by atoms with Crippen LogP contribution in [0.15, 0.2) is 35.2 Å². The van der Waals surface area contributed by atoms with Crippen molar-refractivity contribution in [2.75, 3.05) is 18.4 Å². The Hall–Kier alpha value is -2.23. The van der Waals surface area contributed by atoms with Crippen molar-refractivity contribution in [3.05, 3.63) is 45.6 Å². The molecule has 2 amide bonds. The van der Waals surface area contributed by atoms with Crippen molar-refractivity contribution in [3.63, 3.8) is 0 Å². The van der Waals surface area contributed by atoms with E-state index in [0.717, 1.165) is 10.4 Å². The first-order valence-corrected chi connectivity index (χ1v) is 11.9. The minimum absolute atomic E-state index is 0.0323. The first kappa shape index (κ1) is 20.1. The van der Waals surface area contributed by atoms with Gasteiger partial charge in [-0.1, -0.05) is 0 Å². The van der Waals surface area contributed by atoms with Crippen molar-refractivity contribution in [3.8, 4) is 0 Å². The van der Waals surface area contributed by atoms with Crippen LogP contribution in [-0.4, -0.2) is 43.7 Å². The number of carbonyl (C=O) groups is 2. The molecule has 7 nitrogen and oxygen atoms in total. The molecule has 0 bridgehead atoms. The summed E-state index contributed by atoms with van der Waals surface area (Å²) in [4.78, 5) is 25.8. The second kappa shape index (κ2) is 7.89. The first-order chi connectivity index (χ1) is 13.8. The Bertz CT molecular complexity index is 1050. The zero-order chi connectivity index (χ0) is 20.6. The fourth-order valence-electron chi connectivity index (χ4n) is 3.72. The summed E-state index contributed by atoms with van der Waals surface area (Å²) in [5.41, 5.74) is 1.53. The van der Waals surface area contributed by atoms with Gasteiger partial charge in [0, 0.05) is 36.1 Å². The molecule has 1 saturated heterocycles. The lowest BCUT2D eigenvalue weighted by atomic mass is 10.0. The van der Waals surface area contributed by atoms with Crippen LogP contribution >= 0.6 is 11.3 Å². The molecule has 1 aromatic carbocycles. The zero-order valence-electron chi connectivity index (χ0n) is 16.1. The average molecular weight is 434 g/mol. The third-order valence-electron chi connectivity index (χ3n) is 5.36. The number of hydrogen-bond acceptors (Lipinski definition) is 5. The lowest BCUT2D eigenvalue weighted by molar-refractivity contribution is -0.116. The number of anilines is 1. The Morgan fingerprint density at radius 1 is 1.17 bits per heavy atom. The number of piperidine rings is 1. The van der Waals surface area contributed by atoms with E-state index in [9.17, 15) is 18.0 Å². The van der Waals surface area contributed by atoms with Crippen LogP contribution in [0.2, 0.25) is 0 Å². The van der Waals surface area contributed by atoms with Crippen LogP contribution in [0.3, 0.4) is 0 Å². The molecule has 0 saturated carbocycles. The number of benzene rings is 1. The standard InChI is InChI=1S/C20H23N3O4S2/c1-13-2-6-18(28-13)20(25)21-15-8-10-23(11-9-15)29(26,27)16-4-5-17-14(12-16)3-7-19(24)22-17/h2,4-6,12,15H,3,7-11H2,1H3,(H,21,25)(H,22,24). The van der Waals surface area contributed by atoms with Crippen LogP contribution in [0.4, 0.5) is 5.69 Å². The van der Waals surface area contributed by atoms with Gasteiger partial charge in [-0.25, -0.2) is 8.42 Å². The zero-order valence-corrected chi connectivity index (χ0v) is 17.7. The monoisotopic (exact) mass is 433 g/mol. The Labute approximate surface area is 174 Å². The Kier molecular flexibility index (Phi) is 5.46. The van der Waals surface area contributed by atoms with Crippen LogP contribution in [0.5, 0.6) is 0 Å². The van der Waals surface area contributed by atoms with E-state index in [2.05, 4.69) is 10.6 Å². The summed E-state index contributed by atoms with van der Waals surface area (Å²) in [6.07, 6.45) is 2.07. The molecule has 1 aromatic heterocycles. The smallest absolute Gasteiger partial charge is 0.261 e. The predicted octanol–water partition coefficient (Wildman–Crippen LogP) is 2.52. The van der Waals surface area contributed by atoms with Gasteiger partial charge in [-0.05, 0) is 62.1 Å². The van der Waals surface area contributed by atoms with E-state index in [1.54, 1.807) is 18.2 Å². The lowest BCUT2D eigenvalue weighted by Gasteiger charge is -2.31. The summed E-state index contributed by atoms with van der Waals surface area (Å²) >= 11 is 1.45. The lowest BCUT2D eigenvalue weighted by Crippen LogP contribution is -2.46. The number of nitrogens with one attached hydrogen (secondary N) is 2. The maximum absolute atomic E-state index is 13.0. The van der Waals surface area contributed by atoms with Crippen LogP contribution < -0.4 is 10.6 Å². The van der Waals surface area contributed by atoms with Crippen molar-refractivity contribution < 1.29 is 18.0 Å². The second-order valence-corrected chi connectivity index (χ2v) is 10.7. The van der Waals surface area contributed by atoms with E-state index in [0.29, 0.717) is 49.3 Å². The highest BCUT2D eigenvalue weighted by molar-refractivity contribution is 7.89. The van der Waals surface area contributed by atoms with Crippen molar-refractivity contribution in [2.24, 2.45) is 0 Å². The van der Waals surface area contributed by atoms with E-state index in [1.165, 1.54) is 15.6 Å². The molecule has 0 unspecified atom stereocenters. The Balaban J connectivity index is 1.40. The fraction of sp³-hybridized carbons (Fsp3) is 0.400. The van der Waals surface area contributed by atoms with Crippen LogP contribution in [0.1, 0.15) is 39.4 Å². The highest BCUT2D eigenvalue weighted by atomic mass is 32.2. The number of fused-ring (bicyclic) bond motifs is 1. The van der Waals surface area contributed by atoms with Gasteiger partial charge < -0.3 is 10.6 Å². The number of thiophene rings is 1. The first-order valence-electron chi connectivity index (χ1n) is 9.63. The molecule has 2 N–H and O–H groups in total. The van der Waals surface area contributed by atoms with Crippen LogP contribution in [0.25, 0.3) is 0 Å². The van der Waals surface area contributed by atoms with Gasteiger partial charge in [-0.15, -0.1) is 11.3 Å². The van der Waals surface area contributed by atoms with E-state index in [-0.39, 0.29) is 22.8 Å². The number of rotatable bonds is 4. The second-order valence-electron chi connectivity index (χ2n) is 7.43. The molecule has 154 valence electrons. The largest absolute Gasteiger partial charge is 0.349 e. The molecule has 0 aliphatic carbocycles. The van der Waals surface area contributed by atoms with Gasteiger partial charge in [-0.3, -0.25) is 9.59 Å². The van der Waals surface area contributed by atoms with Gasteiger partial charge in [0.1, 0.15) is 0 Å². The van der Waals surface area contributed by atoms with Gasteiger partial charge in [-0.2, -0.15) is 4.31 Å².